The van der Waals surface area contributed by atoms with Gasteiger partial charge in [0.05, 0.1) is 6.42 Å². The second kappa shape index (κ2) is 7.24. The molecule has 0 bridgehead atoms. The first-order valence-corrected chi connectivity index (χ1v) is 8.97. The lowest BCUT2D eigenvalue weighted by Crippen LogP contribution is -2.54. The van der Waals surface area contributed by atoms with Crippen molar-refractivity contribution in [3.63, 3.8) is 0 Å². The average molecular weight is 329 g/mol. The Kier molecular flexibility index (Phi) is 5.07. The van der Waals surface area contributed by atoms with Crippen molar-refractivity contribution in [3.05, 3.63) is 34.9 Å². The zero-order valence-electron chi connectivity index (χ0n) is 14.7. The Hall–Kier alpha value is -2.04. The minimum absolute atomic E-state index is 0.0317. The normalized spacial score (nSPS) is 17.1. The molecule has 5 heteroatoms. The summed E-state index contributed by atoms with van der Waals surface area (Å²) in [5.74, 6) is 0.164. The smallest absolute Gasteiger partial charge is 0.317 e. The fourth-order valence-corrected chi connectivity index (χ4v) is 3.52. The highest BCUT2D eigenvalue weighted by atomic mass is 16.2. The monoisotopic (exact) mass is 329 g/mol. The molecule has 0 radical (unpaired) electrons. The molecule has 0 unspecified atom stereocenters. The third-order valence-electron chi connectivity index (χ3n) is 4.85. The van der Waals surface area contributed by atoms with E-state index < -0.39 is 0 Å². The zero-order valence-corrected chi connectivity index (χ0v) is 14.7. The van der Waals surface area contributed by atoms with Crippen LogP contribution >= 0.6 is 0 Å². The van der Waals surface area contributed by atoms with Crippen molar-refractivity contribution in [2.75, 3.05) is 26.2 Å². The van der Waals surface area contributed by atoms with Crippen LogP contribution in [-0.2, 0) is 24.1 Å². The minimum atomic E-state index is -0.0317. The molecule has 1 aromatic rings. The van der Waals surface area contributed by atoms with Crippen LogP contribution in [0, 0.1) is 0 Å². The molecule has 0 saturated carbocycles. The first kappa shape index (κ1) is 16.8. The number of urea groups is 1. The summed E-state index contributed by atoms with van der Waals surface area (Å²) in [5, 5.41) is 2.90. The summed E-state index contributed by atoms with van der Waals surface area (Å²) >= 11 is 0. The summed E-state index contributed by atoms with van der Waals surface area (Å²) in [5.41, 5.74) is 3.96. The standard InChI is InChI=1S/C19H27N3O2/c1-14(2)20-19(24)22-10-8-21(9-11-22)18(23)13-15-6-7-16-4-3-5-17(16)12-15/h6-7,12,14H,3-5,8-11,13H2,1-2H3,(H,20,24). The number of amides is 3. The summed E-state index contributed by atoms with van der Waals surface area (Å²) in [6.45, 7) is 6.36. The molecule has 130 valence electrons. The first-order chi connectivity index (χ1) is 11.5. The fraction of sp³-hybridized carbons (Fsp3) is 0.579. The quantitative estimate of drug-likeness (QED) is 0.922. The van der Waals surface area contributed by atoms with Crippen molar-refractivity contribution < 1.29 is 9.59 Å². The van der Waals surface area contributed by atoms with Gasteiger partial charge in [-0.05, 0) is 49.8 Å². The lowest BCUT2D eigenvalue weighted by atomic mass is 10.0. The molecular formula is C19H27N3O2. The van der Waals surface area contributed by atoms with Crippen LogP contribution in [0.15, 0.2) is 18.2 Å². The SMILES string of the molecule is CC(C)NC(=O)N1CCN(C(=O)Cc2ccc3c(c2)CCC3)CC1. The van der Waals surface area contributed by atoms with Gasteiger partial charge in [0.15, 0.2) is 0 Å². The van der Waals surface area contributed by atoms with Gasteiger partial charge >= 0.3 is 6.03 Å². The number of carbonyl (C=O) groups is 2. The maximum atomic E-state index is 12.5. The Bertz CT molecular complexity index is 619. The van der Waals surface area contributed by atoms with Gasteiger partial charge in [0.25, 0.3) is 0 Å². The summed E-state index contributed by atoms with van der Waals surface area (Å²) in [6.07, 6.45) is 4.00. The average Bonchev–Trinajstić information content (AvgIpc) is 3.02. The Balaban J connectivity index is 1.51. The van der Waals surface area contributed by atoms with Crippen LogP contribution in [0.4, 0.5) is 4.79 Å². The van der Waals surface area contributed by atoms with Crippen molar-refractivity contribution >= 4 is 11.9 Å². The lowest BCUT2D eigenvalue weighted by molar-refractivity contribution is -0.131. The van der Waals surface area contributed by atoms with Gasteiger partial charge in [-0.2, -0.15) is 0 Å². The Morgan fingerprint density at radius 3 is 2.42 bits per heavy atom. The summed E-state index contributed by atoms with van der Waals surface area (Å²) in [7, 11) is 0. The van der Waals surface area contributed by atoms with Crippen LogP contribution in [-0.4, -0.2) is 54.0 Å². The summed E-state index contributed by atoms with van der Waals surface area (Å²) in [6, 6.07) is 6.58. The van der Waals surface area contributed by atoms with Crippen molar-refractivity contribution in [1.29, 1.82) is 0 Å². The van der Waals surface area contributed by atoms with E-state index >= 15 is 0 Å². The van der Waals surface area contributed by atoms with Gasteiger partial charge in [0.1, 0.15) is 0 Å². The molecule has 1 fully saturated rings. The first-order valence-electron chi connectivity index (χ1n) is 8.97. The number of nitrogens with zero attached hydrogens (tertiary/aromatic N) is 2. The van der Waals surface area contributed by atoms with Crippen LogP contribution in [0.25, 0.3) is 0 Å². The number of hydrogen-bond donors (Lipinski definition) is 1. The molecule has 24 heavy (non-hydrogen) atoms. The van der Waals surface area contributed by atoms with Crippen LogP contribution in [0.5, 0.6) is 0 Å². The van der Waals surface area contributed by atoms with E-state index in [2.05, 4.69) is 23.5 Å². The van der Waals surface area contributed by atoms with E-state index in [0.29, 0.717) is 32.6 Å². The molecule has 1 heterocycles. The third kappa shape index (κ3) is 3.89. The third-order valence-corrected chi connectivity index (χ3v) is 4.85. The number of piperazine rings is 1. The van der Waals surface area contributed by atoms with Crippen molar-refractivity contribution in [1.82, 2.24) is 15.1 Å². The number of aryl methyl sites for hydroxylation is 2. The van der Waals surface area contributed by atoms with Gasteiger partial charge in [-0.25, -0.2) is 4.79 Å². The second-order valence-corrected chi connectivity index (χ2v) is 7.11. The molecule has 1 aliphatic carbocycles. The minimum Gasteiger partial charge on any atom is -0.339 e. The van der Waals surface area contributed by atoms with Crippen molar-refractivity contribution in [2.45, 2.75) is 45.6 Å². The molecule has 0 atom stereocenters. The van der Waals surface area contributed by atoms with E-state index in [9.17, 15) is 9.59 Å². The van der Waals surface area contributed by atoms with Gasteiger partial charge in [0, 0.05) is 32.2 Å². The van der Waals surface area contributed by atoms with E-state index in [0.717, 1.165) is 12.0 Å². The Morgan fingerprint density at radius 2 is 1.71 bits per heavy atom. The van der Waals surface area contributed by atoms with E-state index in [1.54, 1.807) is 4.90 Å². The molecule has 0 aromatic heterocycles. The van der Waals surface area contributed by atoms with Gasteiger partial charge in [0.2, 0.25) is 5.91 Å². The number of fused-ring (bicyclic) bond motifs is 1. The molecule has 0 spiro atoms. The summed E-state index contributed by atoms with van der Waals surface area (Å²) < 4.78 is 0. The van der Waals surface area contributed by atoms with E-state index in [-0.39, 0.29) is 18.0 Å². The highest BCUT2D eigenvalue weighted by Gasteiger charge is 2.24. The fourth-order valence-electron chi connectivity index (χ4n) is 3.52. The lowest BCUT2D eigenvalue weighted by Gasteiger charge is -2.35. The second-order valence-electron chi connectivity index (χ2n) is 7.11. The number of hydrogen-bond acceptors (Lipinski definition) is 2. The topological polar surface area (TPSA) is 52.7 Å². The van der Waals surface area contributed by atoms with Gasteiger partial charge in [-0.15, -0.1) is 0 Å². The molecule has 1 aromatic carbocycles. The Morgan fingerprint density at radius 1 is 1.04 bits per heavy atom. The van der Waals surface area contributed by atoms with Crippen LogP contribution in [0.3, 0.4) is 0 Å². The molecule has 3 rings (SSSR count). The molecule has 3 amide bonds. The van der Waals surface area contributed by atoms with Crippen LogP contribution in [0.1, 0.15) is 37.0 Å². The maximum Gasteiger partial charge on any atom is 0.317 e. The number of benzene rings is 1. The molecule has 1 aliphatic heterocycles. The highest BCUT2D eigenvalue weighted by Crippen LogP contribution is 2.23. The van der Waals surface area contributed by atoms with E-state index in [1.165, 1.54) is 24.0 Å². The number of rotatable bonds is 3. The molecule has 2 aliphatic rings. The largest absolute Gasteiger partial charge is 0.339 e. The van der Waals surface area contributed by atoms with Gasteiger partial charge in [-0.1, -0.05) is 18.2 Å². The number of carbonyl (C=O) groups excluding carboxylic acids is 2. The van der Waals surface area contributed by atoms with E-state index in [4.69, 9.17) is 0 Å². The number of nitrogens with one attached hydrogen (secondary N) is 1. The predicted octanol–water partition coefficient (Wildman–Crippen LogP) is 1.98. The van der Waals surface area contributed by atoms with Crippen LogP contribution in [0.2, 0.25) is 0 Å². The Labute approximate surface area is 144 Å². The highest BCUT2D eigenvalue weighted by molar-refractivity contribution is 5.80. The molecular weight excluding hydrogens is 302 g/mol. The van der Waals surface area contributed by atoms with Gasteiger partial charge in [-0.3, -0.25) is 4.79 Å². The molecule has 1 saturated heterocycles. The van der Waals surface area contributed by atoms with Crippen LogP contribution < -0.4 is 5.32 Å². The van der Waals surface area contributed by atoms with Crippen molar-refractivity contribution in [3.8, 4) is 0 Å². The summed E-state index contributed by atoms with van der Waals surface area (Å²) in [4.78, 5) is 28.2. The predicted molar refractivity (Wildman–Crippen MR) is 94.0 cm³/mol. The van der Waals surface area contributed by atoms with E-state index in [1.807, 2.05) is 18.7 Å². The molecule has 5 nitrogen and oxygen atoms in total. The zero-order chi connectivity index (χ0) is 17.1. The molecule has 1 N–H and O–H groups in total. The van der Waals surface area contributed by atoms with Gasteiger partial charge < -0.3 is 15.1 Å². The van der Waals surface area contributed by atoms with Crippen molar-refractivity contribution in [2.24, 2.45) is 0 Å². The maximum absolute atomic E-state index is 12.5.